The highest BCUT2D eigenvalue weighted by molar-refractivity contribution is 7.89. The van der Waals surface area contributed by atoms with Crippen LogP contribution in [0.5, 0.6) is 0 Å². The maximum atomic E-state index is 11.3. The number of nitrogens with zero attached hydrogens (tertiary/aromatic N) is 1. The van der Waals surface area contributed by atoms with Gasteiger partial charge in [-0.3, -0.25) is 0 Å². The normalized spacial score (nSPS) is 21.2. The summed E-state index contributed by atoms with van der Waals surface area (Å²) in [4.78, 5) is 2.31. The van der Waals surface area contributed by atoms with Gasteiger partial charge in [0.2, 0.25) is 10.0 Å². The molecule has 1 atom stereocenters. The fourth-order valence-corrected chi connectivity index (χ4v) is 2.76. The minimum atomic E-state index is -3.05. The minimum Gasteiger partial charge on any atom is -0.381 e. The molecule has 1 heterocycles. The number of hydrogen-bond donors (Lipinski definition) is 1. The zero-order valence-electron chi connectivity index (χ0n) is 10.8. The van der Waals surface area contributed by atoms with Gasteiger partial charge in [0.05, 0.1) is 12.4 Å². The van der Waals surface area contributed by atoms with Crippen molar-refractivity contribution in [3.63, 3.8) is 0 Å². The average molecular weight is 264 g/mol. The predicted molar refractivity (Wildman–Crippen MR) is 68.5 cm³/mol. The van der Waals surface area contributed by atoms with Crippen molar-refractivity contribution >= 4 is 10.0 Å². The monoisotopic (exact) mass is 264 g/mol. The van der Waals surface area contributed by atoms with Crippen molar-refractivity contribution in [1.29, 1.82) is 0 Å². The van der Waals surface area contributed by atoms with Crippen molar-refractivity contribution in [2.45, 2.75) is 19.8 Å². The number of rotatable bonds is 8. The molecule has 17 heavy (non-hydrogen) atoms. The van der Waals surface area contributed by atoms with Crippen molar-refractivity contribution in [1.82, 2.24) is 9.62 Å². The molecule has 0 aromatic heterocycles. The van der Waals surface area contributed by atoms with E-state index < -0.39 is 10.0 Å². The second-order valence-electron chi connectivity index (χ2n) is 4.50. The molecule has 0 spiro atoms. The first-order valence-corrected chi connectivity index (χ1v) is 7.94. The van der Waals surface area contributed by atoms with Crippen molar-refractivity contribution in [3.8, 4) is 0 Å². The van der Waals surface area contributed by atoms with E-state index in [0.717, 1.165) is 39.3 Å². The van der Waals surface area contributed by atoms with Crippen LogP contribution >= 0.6 is 0 Å². The molecule has 1 fully saturated rings. The van der Waals surface area contributed by atoms with Gasteiger partial charge >= 0.3 is 0 Å². The summed E-state index contributed by atoms with van der Waals surface area (Å²) in [5.74, 6) is 0.831. The van der Waals surface area contributed by atoms with Crippen LogP contribution < -0.4 is 4.72 Å². The van der Waals surface area contributed by atoms with Gasteiger partial charge in [-0.15, -0.1) is 0 Å². The van der Waals surface area contributed by atoms with Crippen LogP contribution in [0.4, 0.5) is 0 Å². The number of ether oxygens (including phenoxy) is 1. The van der Waals surface area contributed by atoms with Gasteiger partial charge in [0.1, 0.15) is 0 Å². The quantitative estimate of drug-likeness (QED) is 0.684. The summed E-state index contributed by atoms with van der Waals surface area (Å²) in [6, 6.07) is 0. The lowest BCUT2D eigenvalue weighted by atomic mass is 10.1. The summed E-state index contributed by atoms with van der Waals surface area (Å²) in [5.41, 5.74) is 0. The highest BCUT2D eigenvalue weighted by Gasteiger charge is 2.18. The second-order valence-corrected chi connectivity index (χ2v) is 6.55. The Morgan fingerprint density at radius 2 is 2.24 bits per heavy atom. The van der Waals surface area contributed by atoms with Gasteiger partial charge in [-0.2, -0.15) is 0 Å². The maximum absolute atomic E-state index is 11.3. The molecule has 1 unspecified atom stereocenters. The van der Waals surface area contributed by atoms with E-state index in [1.165, 1.54) is 7.05 Å². The summed E-state index contributed by atoms with van der Waals surface area (Å²) in [6.07, 6.45) is 1.82. The van der Waals surface area contributed by atoms with Crippen LogP contribution in [0.25, 0.3) is 0 Å². The lowest BCUT2D eigenvalue weighted by Crippen LogP contribution is -2.32. The third-order valence-electron chi connectivity index (χ3n) is 3.19. The van der Waals surface area contributed by atoms with Crippen molar-refractivity contribution in [2.24, 2.45) is 5.92 Å². The van der Waals surface area contributed by atoms with E-state index in [-0.39, 0.29) is 5.75 Å². The Labute approximate surface area is 105 Å². The first kappa shape index (κ1) is 14.9. The fourth-order valence-electron chi connectivity index (χ4n) is 2.05. The molecule has 0 amide bonds. The average Bonchev–Trinajstić information content (AvgIpc) is 2.80. The third kappa shape index (κ3) is 5.81. The molecule has 1 aliphatic heterocycles. The molecule has 0 saturated carbocycles. The van der Waals surface area contributed by atoms with E-state index in [2.05, 4.69) is 16.5 Å². The van der Waals surface area contributed by atoms with Gasteiger partial charge in [-0.1, -0.05) is 6.92 Å². The Balaban J connectivity index is 2.22. The van der Waals surface area contributed by atoms with Gasteiger partial charge in [0, 0.05) is 13.2 Å². The number of sulfonamides is 1. The van der Waals surface area contributed by atoms with Gasteiger partial charge in [-0.05, 0) is 38.9 Å². The van der Waals surface area contributed by atoms with Crippen LogP contribution in [-0.4, -0.2) is 59.0 Å². The van der Waals surface area contributed by atoms with E-state index in [1.54, 1.807) is 0 Å². The highest BCUT2D eigenvalue weighted by atomic mass is 32.2. The zero-order valence-corrected chi connectivity index (χ0v) is 11.6. The van der Waals surface area contributed by atoms with Crippen molar-refractivity contribution < 1.29 is 13.2 Å². The number of nitrogens with one attached hydrogen (secondary N) is 1. The van der Waals surface area contributed by atoms with Crippen LogP contribution in [0.2, 0.25) is 0 Å². The zero-order chi connectivity index (χ0) is 12.7. The minimum absolute atomic E-state index is 0.209. The Bertz CT molecular complexity index is 300. The SMILES string of the molecule is CCN(CCCS(=O)(=O)NC)CC1CCOC1. The van der Waals surface area contributed by atoms with Crippen LogP contribution in [0.3, 0.4) is 0 Å². The molecule has 1 N–H and O–H groups in total. The van der Waals surface area contributed by atoms with E-state index >= 15 is 0 Å². The molecule has 5 nitrogen and oxygen atoms in total. The highest BCUT2D eigenvalue weighted by Crippen LogP contribution is 2.13. The first-order valence-electron chi connectivity index (χ1n) is 6.28. The Hall–Kier alpha value is -0.170. The fraction of sp³-hybridized carbons (Fsp3) is 1.00. The molecule has 0 radical (unpaired) electrons. The predicted octanol–water partition coefficient (Wildman–Crippen LogP) is 0.284. The molecule has 1 rings (SSSR count). The largest absolute Gasteiger partial charge is 0.381 e. The van der Waals surface area contributed by atoms with E-state index in [0.29, 0.717) is 12.3 Å². The molecule has 0 aromatic rings. The van der Waals surface area contributed by atoms with E-state index in [9.17, 15) is 8.42 Å². The second kappa shape index (κ2) is 7.31. The van der Waals surface area contributed by atoms with Crippen LogP contribution in [0.1, 0.15) is 19.8 Å². The van der Waals surface area contributed by atoms with Gasteiger partial charge in [0.15, 0.2) is 0 Å². The maximum Gasteiger partial charge on any atom is 0.211 e. The molecule has 0 aromatic carbocycles. The summed E-state index contributed by atoms with van der Waals surface area (Å²) in [5, 5.41) is 0. The summed E-state index contributed by atoms with van der Waals surface area (Å²) < 4.78 is 30.2. The van der Waals surface area contributed by atoms with Crippen LogP contribution in [0.15, 0.2) is 0 Å². The molecule has 0 bridgehead atoms. The standard InChI is InChI=1S/C11H24N2O3S/c1-3-13(9-11-5-7-16-10-11)6-4-8-17(14,15)12-2/h11-12H,3-10H2,1-2H3. The topological polar surface area (TPSA) is 58.6 Å². The smallest absolute Gasteiger partial charge is 0.211 e. The van der Waals surface area contributed by atoms with Crippen molar-refractivity contribution in [2.75, 3.05) is 45.6 Å². The van der Waals surface area contributed by atoms with Crippen LogP contribution in [0, 0.1) is 5.92 Å². The van der Waals surface area contributed by atoms with Gasteiger partial charge in [0.25, 0.3) is 0 Å². The van der Waals surface area contributed by atoms with Gasteiger partial charge < -0.3 is 9.64 Å². The molecule has 102 valence electrons. The molecule has 1 aliphatic rings. The summed E-state index contributed by atoms with van der Waals surface area (Å²) in [6.45, 7) is 6.67. The Morgan fingerprint density at radius 3 is 2.76 bits per heavy atom. The number of hydrogen-bond acceptors (Lipinski definition) is 4. The molecule has 6 heteroatoms. The molecular formula is C11H24N2O3S. The van der Waals surface area contributed by atoms with E-state index in [1.807, 2.05) is 0 Å². The van der Waals surface area contributed by atoms with Crippen molar-refractivity contribution in [3.05, 3.63) is 0 Å². The first-order chi connectivity index (χ1) is 8.07. The summed E-state index contributed by atoms with van der Waals surface area (Å²) in [7, 11) is -1.59. The molecular weight excluding hydrogens is 240 g/mol. The Kier molecular flexibility index (Phi) is 6.40. The third-order valence-corrected chi connectivity index (χ3v) is 4.63. The molecule has 0 aliphatic carbocycles. The molecule has 1 saturated heterocycles. The Morgan fingerprint density at radius 1 is 1.47 bits per heavy atom. The van der Waals surface area contributed by atoms with Gasteiger partial charge in [-0.25, -0.2) is 13.1 Å². The summed E-state index contributed by atoms with van der Waals surface area (Å²) >= 11 is 0. The lowest BCUT2D eigenvalue weighted by molar-refractivity contribution is 0.169. The van der Waals surface area contributed by atoms with Crippen LogP contribution in [-0.2, 0) is 14.8 Å². The lowest BCUT2D eigenvalue weighted by Gasteiger charge is -2.23. The van der Waals surface area contributed by atoms with E-state index in [4.69, 9.17) is 4.74 Å².